The van der Waals surface area contributed by atoms with Gasteiger partial charge in [0.2, 0.25) is 0 Å². The largest absolute Gasteiger partial charge is 0.488 e. The van der Waals surface area contributed by atoms with Crippen LogP contribution in [0.25, 0.3) is 77.0 Å². The highest BCUT2D eigenvalue weighted by atomic mass is 79.9. The van der Waals surface area contributed by atoms with Crippen LogP contribution in [0.5, 0.6) is 0 Å². The van der Waals surface area contributed by atoms with Gasteiger partial charge in [0.25, 0.3) is 0 Å². The zero-order valence-electron chi connectivity index (χ0n) is 61.1. The Morgan fingerprint density at radius 1 is 0.384 bits per heavy atom. The molecular formula is C88H74BBrN8O10S4. The van der Waals surface area contributed by atoms with Gasteiger partial charge in [-0.05, 0) is 257 Å². The molecule has 0 atom stereocenters. The van der Waals surface area contributed by atoms with Crippen molar-refractivity contribution in [3.05, 3.63) is 246 Å². The van der Waals surface area contributed by atoms with Crippen molar-refractivity contribution in [3.63, 3.8) is 0 Å². The molecule has 0 spiro atoms. The summed E-state index contributed by atoms with van der Waals surface area (Å²) in [4.78, 5) is 70.1. The van der Waals surface area contributed by atoms with Gasteiger partial charge in [-0.2, -0.15) is 21.0 Å². The van der Waals surface area contributed by atoms with Crippen LogP contribution in [0.3, 0.4) is 0 Å². The molecule has 0 radical (unpaired) electrons. The molecule has 0 aliphatic heterocycles. The van der Waals surface area contributed by atoms with Crippen LogP contribution in [0.2, 0.25) is 0 Å². The number of carboxylic acids is 2. The molecule has 16 rings (SSSR count). The normalized spacial score (nSPS) is 14.7. The van der Waals surface area contributed by atoms with E-state index in [9.17, 15) is 29.4 Å². The number of nitriles is 4. The highest BCUT2D eigenvalue weighted by Gasteiger charge is 2.49. The molecule has 0 bridgehead atoms. The number of aromatic nitrogens is 4. The van der Waals surface area contributed by atoms with Crippen molar-refractivity contribution in [3.8, 4) is 57.7 Å². The van der Waals surface area contributed by atoms with Crippen molar-refractivity contribution < 1.29 is 48.9 Å². The van der Waals surface area contributed by atoms with Gasteiger partial charge in [0, 0.05) is 70.4 Å². The number of ether oxygens (including phenoxy) is 2. The number of benzene rings is 8. The van der Waals surface area contributed by atoms with Crippen molar-refractivity contribution >= 4 is 143 Å². The van der Waals surface area contributed by atoms with Gasteiger partial charge in [-0.15, -0.1) is 47.0 Å². The molecule has 12 aromatic rings. The summed E-state index contributed by atoms with van der Waals surface area (Å²) in [6, 6.07) is 68.8. The molecule has 560 valence electrons. The molecule has 4 aliphatic rings. The standard InChI is InChI=1S/C23H20N2O2S.2C21H16N2O2S.C16H16BrNO2S.C7H6BNO2/c1-2-27-22(26)23(11-3-12-23)28-21-10-13-25-20-9-8-18(14-19(20)21)17-6-4-16(15-24)5-7-17;2*22-13-14-2-4-15(5-3-14)16-6-7-18-17(12-16)19(8-11-23-18)26-21(20(24)25)9-1-10-21;1-2-20-15(19)16(7-3-8-16)21-14-6-9-18-13-5-4-11(17)10-12(13)14;9-5-6-1-3-7(4-2-6)8(10)11/h4-10,13-14H,2-3,11-12H2,1H3;2*2-8,11-12H,1,9-10H2,(H,24,25);4-6,9-10H,2-3,7-8H2,1H3;1-4,10-11H. The summed E-state index contributed by atoms with van der Waals surface area (Å²) >= 11 is 9.62. The van der Waals surface area contributed by atoms with Crippen LogP contribution >= 0.6 is 63.0 Å². The third kappa shape index (κ3) is 18.5. The van der Waals surface area contributed by atoms with E-state index in [-0.39, 0.29) is 11.9 Å². The fraction of sp³-hybridized carbons (Fsp3) is 0.227. The molecule has 4 fully saturated rings. The van der Waals surface area contributed by atoms with Crippen molar-refractivity contribution in [1.82, 2.24) is 19.9 Å². The first kappa shape index (κ1) is 80.6. The van der Waals surface area contributed by atoms with E-state index in [1.165, 1.54) is 47.8 Å². The number of rotatable bonds is 18. The Balaban J connectivity index is 0.000000133. The van der Waals surface area contributed by atoms with Crippen LogP contribution in [-0.2, 0) is 28.7 Å². The molecule has 0 amide bonds. The molecule has 24 heteroatoms. The second-order valence-electron chi connectivity index (χ2n) is 27.1. The monoisotopic (exact) mass is 1620 g/mol. The summed E-state index contributed by atoms with van der Waals surface area (Å²) in [6.45, 7) is 4.54. The van der Waals surface area contributed by atoms with E-state index in [1.807, 2.05) is 141 Å². The fourth-order valence-corrected chi connectivity index (χ4v) is 19.2. The number of fused-ring (bicyclic) bond motifs is 4. The number of hydrogen-bond donors (Lipinski definition) is 4. The Bertz CT molecular complexity index is 5490. The molecule has 4 aromatic heterocycles. The van der Waals surface area contributed by atoms with Crippen LogP contribution in [0.1, 0.15) is 113 Å². The second-order valence-corrected chi connectivity index (χ2v) is 33.7. The first-order valence-corrected chi connectivity index (χ1v) is 40.5. The highest BCUT2D eigenvalue weighted by Crippen LogP contribution is 2.54. The molecule has 0 unspecified atom stereocenters. The number of carbonyl (C=O) groups is 4. The number of pyridine rings is 4. The number of esters is 2. The highest BCUT2D eigenvalue weighted by molar-refractivity contribution is 9.10. The summed E-state index contributed by atoms with van der Waals surface area (Å²) < 4.78 is 9.33. The van der Waals surface area contributed by atoms with E-state index in [2.05, 4.69) is 78.3 Å². The molecule has 112 heavy (non-hydrogen) atoms. The Labute approximate surface area is 674 Å². The van der Waals surface area contributed by atoms with Crippen molar-refractivity contribution in [2.24, 2.45) is 0 Å². The average molecular weight is 1620 g/mol. The van der Waals surface area contributed by atoms with E-state index in [1.54, 1.807) is 72.6 Å². The fourth-order valence-electron chi connectivity index (χ4n) is 13.1. The van der Waals surface area contributed by atoms with E-state index >= 15 is 0 Å². The second kappa shape index (κ2) is 36.5. The smallest absolute Gasteiger partial charge is 0.480 e. The van der Waals surface area contributed by atoms with E-state index in [0.29, 0.717) is 66.6 Å². The number of thioether (sulfide) groups is 4. The maximum atomic E-state index is 12.6. The third-order valence-corrected chi connectivity index (χ3v) is 26.8. The number of hydrogen-bond acceptors (Lipinski definition) is 20. The predicted molar refractivity (Wildman–Crippen MR) is 444 cm³/mol. The topological polar surface area (TPSA) is 314 Å². The van der Waals surface area contributed by atoms with E-state index < -0.39 is 38.0 Å². The first-order valence-electron chi connectivity index (χ1n) is 36.4. The molecule has 8 aromatic carbocycles. The van der Waals surface area contributed by atoms with Gasteiger partial charge < -0.3 is 29.7 Å². The molecule has 4 saturated carbocycles. The lowest BCUT2D eigenvalue weighted by Gasteiger charge is -2.38. The van der Waals surface area contributed by atoms with Crippen LogP contribution in [0.15, 0.2) is 243 Å². The van der Waals surface area contributed by atoms with E-state index in [4.69, 9.17) is 40.6 Å². The maximum absolute atomic E-state index is 12.6. The number of carbonyl (C=O) groups excluding carboxylic acids is 2. The Kier molecular flexibility index (Phi) is 26.3. The minimum absolute atomic E-state index is 0.0822. The van der Waals surface area contributed by atoms with Crippen molar-refractivity contribution in [2.75, 3.05) is 13.2 Å². The van der Waals surface area contributed by atoms with Gasteiger partial charge in [0.1, 0.15) is 19.0 Å². The number of nitrogens with zero attached hydrogens (tertiary/aromatic N) is 8. The Morgan fingerprint density at radius 2 is 0.643 bits per heavy atom. The Hall–Kier alpha value is -10.9. The average Bonchev–Trinajstić information content (AvgIpc) is 0.780. The summed E-state index contributed by atoms with van der Waals surface area (Å²) in [6.07, 6.45) is 17.4. The van der Waals surface area contributed by atoms with Crippen molar-refractivity contribution in [1.29, 1.82) is 21.0 Å². The molecule has 18 nitrogen and oxygen atoms in total. The SMILES string of the molecule is CCOC(=O)C1(Sc2ccnc3ccc(-c4ccc(C#N)cc4)cc23)CCC1.CCOC(=O)C1(Sc2ccnc3ccc(Br)cc23)CCC1.N#Cc1ccc(-c2ccc3nccc(SC4(C(=O)O)CCC4)c3c2)cc1.N#Cc1ccc(-c2ccc3nccc(SC4(C(=O)O)CCC4)c3c2)cc1.N#Cc1ccc(B(O)O)cc1. The molecule has 4 aliphatic carbocycles. The Morgan fingerprint density at radius 3 is 0.893 bits per heavy atom. The number of carboxylic acid groups (broad SMARTS) is 2. The zero-order valence-corrected chi connectivity index (χ0v) is 65.9. The van der Waals surface area contributed by atoms with Crippen LogP contribution < -0.4 is 5.46 Å². The predicted octanol–water partition coefficient (Wildman–Crippen LogP) is 18.9. The van der Waals surface area contributed by atoms with Crippen LogP contribution in [0, 0.1) is 45.3 Å². The van der Waals surface area contributed by atoms with Gasteiger partial charge in [-0.3, -0.25) is 39.1 Å². The molecule has 4 N–H and O–H groups in total. The van der Waals surface area contributed by atoms with Gasteiger partial charge in [0.15, 0.2) is 0 Å². The number of aliphatic carboxylic acids is 2. The minimum Gasteiger partial charge on any atom is -0.480 e. The maximum Gasteiger partial charge on any atom is 0.488 e. The summed E-state index contributed by atoms with van der Waals surface area (Å²) in [7, 11) is -1.46. The van der Waals surface area contributed by atoms with Crippen LogP contribution in [-0.4, -0.2) is 103 Å². The van der Waals surface area contributed by atoms with Crippen LogP contribution in [0.4, 0.5) is 0 Å². The molecular weight excluding hydrogens is 1550 g/mol. The minimum atomic E-state index is -1.46. The lowest BCUT2D eigenvalue weighted by Crippen LogP contribution is -2.43. The summed E-state index contributed by atoms with van der Waals surface area (Å²) in [5.41, 5.74) is 12.5. The third-order valence-electron chi connectivity index (χ3n) is 20.1. The van der Waals surface area contributed by atoms with Gasteiger partial charge in [-0.1, -0.05) is 82.7 Å². The number of halogens is 1. The molecule has 0 saturated heterocycles. The quantitative estimate of drug-likeness (QED) is 0.0458. The lowest BCUT2D eigenvalue weighted by molar-refractivity contribution is -0.149. The first-order chi connectivity index (χ1) is 54.2. The van der Waals surface area contributed by atoms with Gasteiger partial charge in [-0.25, -0.2) is 0 Å². The van der Waals surface area contributed by atoms with Crippen molar-refractivity contribution in [2.45, 2.75) is 129 Å². The van der Waals surface area contributed by atoms with Gasteiger partial charge >= 0.3 is 31.0 Å². The summed E-state index contributed by atoms with van der Waals surface area (Å²) in [5, 5.41) is 75.9. The zero-order chi connectivity index (χ0) is 79.0. The van der Waals surface area contributed by atoms with Gasteiger partial charge in [0.05, 0.1) is 81.8 Å². The summed E-state index contributed by atoms with van der Waals surface area (Å²) in [5.74, 6) is -1.66. The molecule has 4 heterocycles. The lowest BCUT2D eigenvalue weighted by atomic mass is 9.80. The van der Waals surface area contributed by atoms with E-state index in [0.717, 1.165) is 152 Å².